The number of hydrogen-bond acceptors (Lipinski definition) is 3. The van der Waals surface area contributed by atoms with Gasteiger partial charge in [0.2, 0.25) is 0 Å². The van der Waals surface area contributed by atoms with E-state index in [9.17, 15) is 4.79 Å². The molecule has 2 atom stereocenters. The van der Waals surface area contributed by atoms with Crippen LogP contribution in [0.15, 0.2) is 12.1 Å². The number of fused-ring (bicyclic) bond motifs is 2. The van der Waals surface area contributed by atoms with Gasteiger partial charge in [-0.15, -0.1) is 0 Å². The lowest BCUT2D eigenvalue weighted by Gasteiger charge is -2.36. The SMILES string of the molecule is Cc1ccc(N2C3CCC2CC(=O)C3)c(C)n1. The third-order valence-electron chi connectivity index (χ3n) is 4.02. The van der Waals surface area contributed by atoms with Gasteiger partial charge in [-0.25, -0.2) is 0 Å². The fraction of sp³-hybridized carbons (Fsp3) is 0.571. The second-order valence-corrected chi connectivity index (χ2v) is 5.30. The van der Waals surface area contributed by atoms with Gasteiger partial charge in [-0.2, -0.15) is 0 Å². The Kier molecular flexibility index (Phi) is 2.42. The molecule has 2 bridgehead atoms. The molecule has 1 aromatic rings. The second-order valence-electron chi connectivity index (χ2n) is 5.30. The Labute approximate surface area is 102 Å². The molecule has 0 aliphatic carbocycles. The zero-order valence-corrected chi connectivity index (χ0v) is 10.4. The maximum atomic E-state index is 11.6. The maximum Gasteiger partial charge on any atom is 0.137 e. The van der Waals surface area contributed by atoms with Crippen molar-refractivity contribution in [2.24, 2.45) is 0 Å². The highest BCUT2D eigenvalue weighted by atomic mass is 16.1. The normalized spacial score (nSPS) is 27.6. The Morgan fingerprint density at radius 3 is 2.41 bits per heavy atom. The van der Waals surface area contributed by atoms with E-state index in [-0.39, 0.29) is 0 Å². The first-order chi connectivity index (χ1) is 8.15. The third-order valence-corrected chi connectivity index (χ3v) is 4.02. The number of aromatic nitrogens is 1. The number of Topliss-reactive ketones (excluding diaryl/α,β-unsaturated/α-hetero) is 1. The summed E-state index contributed by atoms with van der Waals surface area (Å²) in [6, 6.07) is 5.07. The number of aryl methyl sites for hydroxylation is 2. The van der Waals surface area contributed by atoms with Crippen LogP contribution in [-0.4, -0.2) is 22.9 Å². The lowest BCUT2D eigenvalue weighted by Crippen LogP contribution is -2.43. The monoisotopic (exact) mass is 230 g/mol. The number of ketones is 1. The number of carbonyl (C=O) groups is 1. The minimum atomic E-state index is 0.421. The lowest BCUT2D eigenvalue weighted by molar-refractivity contribution is -0.120. The van der Waals surface area contributed by atoms with Crippen LogP contribution in [0.3, 0.4) is 0 Å². The molecule has 2 unspecified atom stereocenters. The van der Waals surface area contributed by atoms with Crippen molar-refractivity contribution < 1.29 is 4.79 Å². The Bertz CT molecular complexity index is 453. The van der Waals surface area contributed by atoms with Crippen molar-refractivity contribution in [2.75, 3.05) is 4.90 Å². The van der Waals surface area contributed by atoms with Gasteiger partial charge in [0.25, 0.3) is 0 Å². The molecule has 0 amide bonds. The summed E-state index contributed by atoms with van der Waals surface area (Å²) in [5, 5.41) is 0. The van der Waals surface area contributed by atoms with Gasteiger partial charge in [0, 0.05) is 30.6 Å². The minimum absolute atomic E-state index is 0.421. The van der Waals surface area contributed by atoms with Gasteiger partial charge in [-0.3, -0.25) is 9.78 Å². The number of hydrogen-bond donors (Lipinski definition) is 0. The molecule has 0 saturated carbocycles. The average molecular weight is 230 g/mol. The van der Waals surface area contributed by atoms with E-state index in [0.29, 0.717) is 17.9 Å². The smallest absolute Gasteiger partial charge is 0.137 e. The first-order valence-corrected chi connectivity index (χ1v) is 6.39. The summed E-state index contributed by atoms with van der Waals surface area (Å²) in [5.41, 5.74) is 3.39. The third kappa shape index (κ3) is 1.74. The van der Waals surface area contributed by atoms with Crippen LogP contribution in [-0.2, 0) is 4.79 Å². The fourth-order valence-corrected chi connectivity index (χ4v) is 3.32. The quantitative estimate of drug-likeness (QED) is 0.742. The van der Waals surface area contributed by atoms with Gasteiger partial charge in [0.05, 0.1) is 11.4 Å². The number of carbonyl (C=O) groups excluding carboxylic acids is 1. The van der Waals surface area contributed by atoms with E-state index in [2.05, 4.69) is 28.9 Å². The number of piperidine rings is 1. The fourth-order valence-electron chi connectivity index (χ4n) is 3.32. The largest absolute Gasteiger partial charge is 0.363 e. The second kappa shape index (κ2) is 3.83. The van der Waals surface area contributed by atoms with Gasteiger partial charge in [0.1, 0.15) is 5.78 Å². The Morgan fingerprint density at radius 1 is 1.18 bits per heavy atom. The van der Waals surface area contributed by atoms with Gasteiger partial charge in [0.15, 0.2) is 0 Å². The van der Waals surface area contributed by atoms with Crippen LogP contribution < -0.4 is 4.90 Å². The van der Waals surface area contributed by atoms with Crippen LogP contribution in [0.1, 0.15) is 37.1 Å². The Morgan fingerprint density at radius 2 is 1.82 bits per heavy atom. The van der Waals surface area contributed by atoms with Crippen LogP contribution in [0.5, 0.6) is 0 Å². The van der Waals surface area contributed by atoms with Crippen molar-refractivity contribution in [3.05, 3.63) is 23.5 Å². The van der Waals surface area contributed by atoms with E-state index in [1.165, 1.54) is 5.69 Å². The van der Waals surface area contributed by atoms with Crippen molar-refractivity contribution in [3.63, 3.8) is 0 Å². The average Bonchev–Trinajstić information content (AvgIpc) is 2.53. The molecule has 3 heteroatoms. The van der Waals surface area contributed by atoms with Gasteiger partial charge in [-0.1, -0.05) is 0 Å². The molecule has 0 radical (unpaired) electrons. The molecule has 17 heavy (non-hydrogen) atoms. The highest BCUT2D eigenvalue weighted by Gasteiger charge is 2.40. The molecular formula is C14H18N2O. The van der Waals surface area contributed by atoms with Crippen LogP contribution in [0.25, 0.3) is 0 Å². The van der Waals surface area contributed by atoms with Crippen LogP contribution in [0.2, 0.25) is 0 Å². The highest BCUT2D eigenvalue weighted by molar-refractivity contribution is 5.83. The van der Waals surface area contributed by atoms with Crippen molar-refractivity contribution in [2.45, 2.75) is 51.6 Å². The van der Waals surface area contributed by atoms with Crippen LogP contribution in [0.4, 0.5) is 5.69 Å². The highest BCUT2D eigenvalue weighted by Crippen LogP contribution is 2.38. The molecule has 0 aromatic carbocycles. The predicted octanol–water partition coefficient (Wildman–Crippen LogP) is 2.40. The summed E-state index contributed by atoms with van der Waals surface area (Å²) < 4.78 is 0. The van der Waals surface area contributed by atoms with Crippen molar-refractivity contribution >= 4 is 11.5 Å². The zero-order chi connectivity index (χ0) is 12.0. The molecule has 90 valence electrons. The number of nitrogens with zero attached hydrogens (tertiary/aromatic N) is 2. The Hall–Kier alpha value is -1.38. The molecule has 2 aliphatic rings. The summed E-state index contributed by atoms with van der Waals surface area (Å²) in [4.78, 5) is 18.6. The molecule has 0 spiro atoms. The van der Waals surface area contributed by atoms with E-state index in [1.807, 2.05) is 6.92 Å². The summed E-state index contributed by atoms with van der Waals surface area (Å²) in [5.74, 6) is 0.437. The van der Waals surface area contributed by atoms with E-state index >= 15 is 0 Å². The van der Waals surface area contributed by atoms with E-state index in [0.717, 1.165) is 37.1 Å². The molecular weight excluding hydrogens is 212 g/mol. The molecule has 3 nitrogen and oxygen atoms in total. The van der Waals surface area contributed by atoms with Crippen molar-refractivity contribution in [3.8, 4) is 0 Å². The van der Waals surface area contributed by atoms with Gasteiger partial charge < -0.3 is 4.90 Å². The summed E-state index contributed by atoms with van der Waals surface area (Å²) in [6.45, 7) is 4.09. The first kappa shape index (κ1) is 10.8. The number of pyridine rings is 1. The number of anilines is 1. The molecule has 1 aromatic heterocycles. The van der Waals surface area contributed by atoms with Crippen molar-refractivity contribution in [1.82, 2.24) is 4.98 Å². The summed E-state index contributed by atoms with van der Waals surface area (Å²) >= 11 is 0. The van der Waals surface area contributed by atoms with E-state index < -0.39 is 0 Å². The zero-order valence-electron chi connectivity index (χ0n) is 10.4. The molecule has 0 N–H and O–H groups in total. The van der Waals surface area contributed by atoms with Crippen LogP contribution in [0, 0.1) is 13.8 Å². The summed E-state index contributed by atoms with van der Waals surface area (Å²) in [6.07, 6.45) is 3.76. The predicted molar refractivity (Wildman–Crippen MR) is 67.2 cm³/mol. The first-order valence-electron chi connectivity index (χ1n) is 6.39. The van der Waals surface area contributed by atoms with Crippen molar-refractivity contribution in [1.29, 1.82) is 0 Å². The molecule has 2 aliphatic heterocycles. The molecule has 3 heterocycles. The maximum absolute atomic E-state index is 11.6. The molecule has 2 fully saturated rings. The summed E-state index contributed by atoms with van der Waals surface area (Å²) in [7, 11) is 0. The van der Waals surface area contributed by atoms with E-state index in [1.54, 1.807) is 0 Å². The standard InChI is InChI=1S/C14H18N2O/c1-9-3-6-14(10(2)15-9)16-11-4-5-12(16)8-13(17)7-11/h3,6,11-12H,4-5,7-8H2,1-2H3. The molecule has 3 rings (SSSR count). The topological polar surface area (TPSA) is 33.2 Å². The minimum Gasteiger partial charge on any atom is -0.363 e. The van der Waals surface area contributed by atoms with Gasteiger partial charge >= 0.3 is 0 Å². The lowest BCUT2D eigenvalue weighted by atomic mass is 10.0. The van der Waals surface area contributed by atoms with Gasteiger partial charge in [-0.05, 0) is 38.8 Å². The van der Waals surface area contributed by atoms with Crippen LogP contribution >= 0.6 is 0 Å². The Balaban J connectivity index is 1.97. The number of rotatable bonds is 1. The van der Waals surface area contributed by atoms with E-state index in [4.69, 9.17) is 0 Å². The molecule has 2 saturated heterocycles.